The Labute approximate surface area is 274 Å². The standard InChI is InChI=1S/C35H46N6O6/c1-22-30(20-34(45)47-22)40-32(43)18-26(12-8-9-15-36)39-35(46)31(17-25-21-37-29-14-7-6-13-28(25)29)41-33(44)19-27(38-23(2)42)16-24-10-4-3-5-11-24/h3-7,10-11,13-14,21-22,26-27,30-31,37H,8-9,12,15-20,36H2,1-2H3,(H,38,42)(H,39,46)(H,40,43)(H,41,44)/t22-,26+,27+,30-,31-/m1/s1. The molecule has 0 bridgehead atoms. The van der Waals surface area contributed by atoms with Crippen LogP contribution in [0.15, 0.2) is 60.8 Å². The van der Waals surface area contributed by atoms with Gasteiger partial charge in [0, 0.05) is 55.4 Å². The molecule has 1 fully saturated rings. The topological polar surface area (TPSA) is 185 Å². The molecule has 4 amide bonds. The summed E-state index contributed by atoms with van der Waals surface area (Å²) < 4.78 is 5.15. The number of hydrogen-bond donors (Lipinski definition) is 6. The number of esters is 1. The van der Waals surface area contributed by atoms with Crippen molar-refractivity contribution < 1.29 is 28.7 Å². The fraction of sp³-hybridized carbons (Fsp3) is 0.457. The highest BCUT2D eigenvalue weighted by atomic mass is 16.6. The normalized spacial score (nSPS) is 17.7. The number of nitrogens with two attached hydrogens (primary N) is 1. The number of cyclic esters (lactones) is 1. The van der Waals surface area contributed by atoms with Crippen molar-refractivity contribution >= 4 is 40.5 Å². The van der Waals surface area contributed by atoms with Crippen LogP contribution in [0.3, 0.4) is 0 Å². The summed E-state index contributed by atoms with van der Waals surface area (Å²) in [6, 6.07) is 14.8. The number of nitrogens with one attached hydrogen (secondary N) is 5. The molecule has 12 heteroatoms. The Hall–Kier alpha value is -4.71. The van der Waals surface area contributed by atoms with Crippen LogP contribution in [0.4, 0.5) is 0 Å². The van der Waals surface area contributed by atoms with Gasteiger partial charge < -0.3 is 36.7 Å². The number of aromatic amines is 1. The number of rotatable bonds is 17. The number of ether oxygens (including phenoxy) is 1. The minimum absolute atomic E-state index is 0.0108. The summed E-state index contributed by atoms with van der Waals surface area (Å²) in [5.74, 6) is -1.75. The van der Waals surface area contributed by atoms with Crippen LogP contribution in [-0.4, -0.2) is 71.4 Å². The number of fused-ring (bicyclic) bond motifs is 1. The highest BCUT2D eigenvalue weighted by Crippen LogP contribution is 2.20. The molecule has 1 aliphatic rings. The summed E-state index contributed by atoms with van der Waals surface area (Å²) in [5.41, 5.74) is 8.43. The van der Waals surface area contributed by atoms with Crippen molar-refractivity contribution in [3.63, 3.8) is 0 Å². The lowest BCUT2D eigenvalue weighted by molar-refractivity contribution is -0.141. The number of benzene rings is 2. The molecular weight excluding hydrogens is 600 g/mol. The summed E-state index contributed by atoms with van der Waals surface area (Å²) in [6.45, 7) is 3.61. The van der Waals surface area contributed by atoms with Gasteiger partial charge in [-0.3, -0.25) is 24.0 Å². The molecule has 7 N–H and O–H groups in total. The average molecular weight is 647 g/mol. The molecule has 252 valence electrons. The van der Waals surface area contributed by atoms with Crippen LogP contribution < -0.4 is 27.0 Å². The van der Waals surface area contributed by atoms with Crippen molar-refractivity contribution in [2.45, 2.75) is 95.5 Å². The van der Waals surface area contributed by atoms with Gasteiger partial charge in [-0.2, -0.15) is 0 Å². The molecule has 47 heavy (non-hydrogen) atoms. The maximum absolute atomic E-state index is 13.9. The van der Waals surface area contributed by atoms with E-state index in [-0.39, 0.29) is 43.5 Å². The number of amides is 4. The predicted molar refractivity (Wildman–Crippen MR) is 178 cm³/mol. The first-order chi connectivity index (χ1) is 22.6. The van der Waals surface area contributed by atoms with Gasteiger partial charge in [0.2, 0.25) is 23.6 Å². The van der Waals surface area contributed by atoms with Crippen molar-refractivity contribution in [3.05, 3.63) is 71.9 Å². The van der Waals surface area contributed by atoms with Crippen molar-refractivity contribution in [3.8, 4) is 0 Å². The molecule has 4 rings (SSSR count). The van der Waals surface area contributed by atoms with Gasteiger partial charge in [0.1, 0.15) is 12.1 Å². The van der Waals surface area contributed by atoms with Gasteiger partial charge in [-0.15, -0.1) is 0 Å². The van der Waals surface area contributed by atoms with Crippen LogP contribution in [0.1, 0.15) is 63.5 Å². The van der Waals surface area contributed by atoms with E-state index < -0.39 is 42.1 Å². The number of aromatic nitrogens is 1. The SMILES string of the molecule is CC(=O)N[C@H](CC(=O)N[C@H](Cc1c[nH]c2ccccc12)C(=O)N[C@@H](CCCCN)CC(=O)N[C@@H]1CC(=O)O[C@@H]1C)Cc1ccccc1. The molecule has 0 aliphatic carbocycles. The van der Waals surface area contributed by atoms with Gasteiger partial charge in [-0.1, -0.05) is 55.0 Å². The van der Waals surface area contributed by atoms with E-state index >= 15 is 0 Å². The highest BCUT2D eigenvalue weighted by molar-refractivity contribution is 5.90. The minimum Gasteiger partial charge on any atom is -0.460 e. The Balaban J connectivity index is 1.50. The van der Waals surface area contributed by atoms with Crippen LogP contribution in [0.25, 0.3) is 10.9 Å². The molecule has 0 saturated carbocycles. The lowest BCUT2D eigenvalue weighted by Crippen LogP contribution is -2.52. The first-order valence-corrected chi connectivity index (χ1v) is 16.3. The third-order valence-corrected chi connectivity index (χ3v) is 8.32. The summed E-state index contributed by atoms with van der Waals surface area (Å²) in [4.78, 5) is 67.3. The predicted octanol–water partition coefficient (Wildman–Crippen LogP) is 2.16. The second-order valence-electron chi connectivity index (χ2n) is 12.2. The van der Waals surface area contributed by atoms with Gasteiger partial charge in [-0.25, -0.2) is 0 Å². The van der Waals surface area contributed by atoms with E-state index in [1.54, 1.807) is 6.92 Å². The fourth-order valence-corrected chi connectivity index (χ4v) is 5.97. The Morgan fingerprint density at radius 2 is 1.64 bits per heavy atom. The van der Waals surface area contributed by atoms with E-state index in [1.807, 2.05) is 60.8 Å². The van der Waals surface area contributed by atoms with Crippen LogP contribution in [-0.2, 0) is 41.6 Å². The van der Waals surface area contributed by atoms with E-state index in [1.165, 1.54) is 6.92 Å². The van der Waals surface area contributed by atoms with Crippen LogP contribution >= 0.6 is 0 Å². The van der Waals surface area contributed by atoms with Gasteiger partial charge in [0.15, 0.2) is 0 Å². The van der Waals surface area contributed by atoms with E-state index in [4.69, 9.17) is 10.5 Å². The van der Waals surface area contributed by atoms with Crippen LogP contribution in [0.5, 0.6) is 0 Å². The molecular formula is C35H46N6O6. The van der Waals surface area contributed by atoms with Crippen molar-refractivity contribution in [1.29, 1.82) is 0 Å². The number of unbranched alkanes of at least 4 members (excludes halogenated alkanes) is 1. The van der Waals surface area contributed by atoms with Crippen LogP contribution in [0.2, 0.25) is 0 Å². The first-order valence-electron chi connectivity index (χ1n) is 16.3. The number of hydrogen-bond acceptors (Lipinski definition) is 7. The number of carbonyl (C=O) groups excluding carboxylic acids is 5. The van der Waals surface area contributed by atoms with Gasteiger partial charge >= 0.3 is 5.97 Å². The maximum Gasteiger partial charge on any atom is 0.308 e. The smallest absolute Gasteiger partial charge is 0.308 e. The zero-order chi connectivity index (χ0) is 33.8. The number of carbonyl (C=O) groups is 5. The third kappa shape index (κ3) is 11.0. The fourth-order valence-electron chi connectivity index (χ4n) is 5.97. The zero-order valence-corrected chi connectivity index (χ0v) is 27.1. The quantitative estimate of drug-likeness (QED) is 0.0959. The third-order valence-electron chi connectivity index (χ3n) is 8.32. The maximum atomic E-state index is 13.9. The monoisotopic (exact) mass is 646 g/mol. The molecule has 1 aliphatic heterocycles. The van der Waals surface area contributed by atoms with Crippen LogP contribution in [0, 0.1) is 0 Å². The van der Waals surface area contributed by atoms with E-state index in [2.05, 4.69) is 26.3 Å². The molecule has 0 spiro atoms. The number of para-hydroxylation sites is 1. The zero-order valence-electron chi connectivity index (χ0n) is 27.1. The highest BCUT2D eigenvalue weighted by Gasteiger charge is 2.33. The number of H-pyrrole nitrogens is 1. The van der Waals surface area contributed by atoms with Crippen molar-refractivity contribution in [2.75, 3.05) is 6.54 Å². The Bertz CT molecular complexity index is 1520. The summed E-state index contributed by atoms with van der Waals surface area (Å²) in [6.07, 6.45) is 4.00. The van der Waals surface area contributed by atoms with Crippen molar-refractivity contribution in [2.24, 2.45) is 5.73 Å². The van der Waals surface area contributed by atoms with E-state index in [0.717, 1.165) is 28.5 Å². The minimum atomic E-state index is -0.961. The molecule has 2 aromatic carbocycles. The van der Waals surface area contributed by atoms with Gasteiger partial charge in [-0.05, 0) is 49.9 Å². The molecule has 3 aromatic rings. The summed E-state index contributed by atoms with van der Waals surface area (Å²) in [5, 5.41) is 12.6. The van der Waals surface area contributed by atoms with Crippen molar-refractivity contribution in [1.82, 2.24) is 26.3 Å². The second kappa shape index (κ2) is 17.3. The molecule has 2 heterocycles. The van der Waals surface area contributed by atoms with Gasteiger partial charge in [0.25, 0.3) is 0 Å². The Morgan fingerprint density at radius 3 is 2.34 bits per heavy atom. The molecule has 0 unspecified atom stereocenters. The lowest BCUT2D eigenvalue weighted by atomic mass is 10.00. The van der Waals surface area contributed by atoms with Gasteiger partial charge in [0.05, 0.1) is 12.5 Å². The van der Waals surface area contributed by atoms with E-state index in [9.17, 15) is 24.0 Å². The molecule has 12 nitrogen and oxygen atoms in total. The molecule has 0 radical (unpaired) electrons. The summed E-state index contributed by atoms with van der Waals surface area (Å²) in [7, 11) is 0. The first kappa shape index (κ1) is 35.1. The molecule has 1 saturated heterocycles. The second-order valence-corrected chi connectivity index (χ2v) is 12.2. The molecule has 1 aromatic heterocycles. The lowest BCUT2D eigenvalue weighted by Gasteiger charge is -2.25. The van der Waals surface area contributed by atoms with E-state index in [0.29, 0.717) is 25.8 Å². The Morgan fingerprint density at radius 1 is 0.915 bits per heavy atom. The average Bonchev–Trinajstić information content (AvgIpc) is 3.57. The molecule has 5 atom stereocenters. The summed E-state index contributed by atoms with van der Waals surface area (Å²) >= 11 is 0. The Kier molecular flexibility index (Phi) is 12.9. The largest absolute Gasteiger partial charge is 0.460 e.